The van der Waals surface area contributed by atoms with Crippen LogP contribution in [-0.2, 0) is 19.6 Å². The molecule has 0 spiro atoms. The third-order valence-corrected chi connectivity index (χ3v) is 4.79. The Morgan fingerprint density at radius 2 is 1.67 bits per heavy atom. The maximum atomic E-state index is 13.2. The molecule has 0 aliphatic heterocycles. The zero-order chi connectivity index (χ0) is 19.1. The average molecular weight is 404 g/mol. The molecule has 2 nitrogen and oxygen atoms in total. The highest BCUT2D eigenvalue weighted by molar-refractivity contribution is 6.31. The lowest BCUT2D eigenvalue weighted by Crippen LogP contribution is -2.17. The van der Waals surface area contributed by atoms with Crippen molar-refractivity contribution in [3.05, 3.63) is 99.3 Å². The van der Waals surface area contributed by atoms with Crippen LogP contribution < -0.4 is 10.1 Å². The molecule has 3 aromatic rings. The van der Waals surface area contributed by atoms with Crippen molar-refractivity contribution in [1.29, 1.82) is 0 Å². The summed E-state index contributed by atoms with van der Waals surface area (Å²) >= 11 is 12.0. The molecule has 0 unspecified atom stereocenters. The summed E-state index contributed by atoms with van der Waals surface area (Å²) < 4.78 is 19.1. The van der Waals surface area contributed by atoms with E-state index in [9.17, 15) is 4.39 Å². The highest BCUT2D eigenvalue weighted by Gasteiger charge is 2.06. The van der Waals surface area contributed by atoms with Crippen molar-refractivity contribution in [2.45, 2.75) is 19.6 Å². The molecule has 0 amide bonds. The van der Waals surface area contributed by atoms with Crippen molar-refractivity contribution in [2.75, 3.05) is 6.54 Å². The summed E-state index contributed by atoms with van der Waals surface area (Å²) in [6, 6.07) is 20.1. The predicted molar refractivity (Wildman–Crippen MR) is 109 cm³/mol. The van der Waals surface area contributed by atoms with Crippen LogP contribution in [0.5, 0.6) is 5.75 Å². The zero-order valence-electron chi connectivity index (χ0n) is 14.7. The van der Waals surface area contributed by atoms with Gasteiger partial charge in [0.2, 0.25) is 0 Å². The largest absolute Gasteiger partial charge is 0.489 e. The smallest absolute Gasteiger partial charge is 0.124 e. The molecular formula is C22H20Cl2FNO. The number of ether oxygens (including phenoxy) is 1. The first kappa shape index (κ1) is 19.7. The van der Waals surface area contributed by atoms with Gasteiger partial charge in [-0.1, -0.05) is 59.6 Å². The van der Waals surface area contributed by atoms with Crippen molar-refractivity contribution in [3.8, 4) is 5.75 Å². The molecule has 3 aromatic carbocycles. The van der Waals surface area contributed by atoms with Crippen molar-refractivity contribution in [1.82, 2.24) is 5.32 Å². The van der Waals surface area contributed by atoms with E-state index in [0.717, 1.165) is 34.9 Å². The fourth-order valence-corrected chi connectivity index (χ4v) is 3.04. The first-order chi connectivity index (χ1) is 13.1. The Bertz CT molecular complexity index is 884. The minimum absolute atomic E-state index is 0.293. The Morgan fingerprint density at radius 1 is 0.889 bits per heavy atom. The number of hydrogen-bond donors (Lipinski definition) is 1. The van der Waals surface area contributed by atoms with Crippen LogP contribution in [0.15, 0.2) is 66.7 Å². The second kappa shape index (κ2) is 9.75. The van der Waals surface area contributed by atoms with Crippen LogP contribution in [0.2, 0.25) is 10.0 Å². The Balaban J connectivity index is 1.53. The first-order valence-electron chi connectivity index (χ1n) is 8.71. The Labute approximate surface area is 168 Å². The molecule has 0 saturated carbocycles. The van der Waals surface area contributed by atoms with Gasteiger partial charge in [0.25, 0.3) is 0 Å². The van der Waals surface area contributed by atoms with Gasteiger partial charge in [-0.25, -0.2) is 4.39 Å². The van der Waals surface area contributed by atoms with Gasteiger partial charge in [0, 0.05) is 22.7 Å². The lowest BCUT2D eigenvalue weighted by atomic mass is 10.1. The van der Waals surface area contributed by atoms with Gasteiger partial charge in [0.1, 0.15) is 18.2 Å². The van der Waals surface area contributed by atoms with Gasteiger partial charge in [-0.2, -0.15) is 0 Å². The number of rotatable bonds is 8. The Kier molecular flexibility index (Phi) is 7.11. The summed E-state index contributed by atoms with van der Waals surface area (Å²) in [4.78, 5) is 0. The van der Waals surface area contributed by atoms with E-state index in [1.54, 1.807) is 6.07 Å². The molecule has 0 atom stereocenters. The molecule has 0 fully saturated rings. The molecule has 0 radical (unpaired) electrons. The fraction of sp³-hybridized carbons (Fsp3) is 0.182. The third-order valence-electron chi connectivity index (χ3n) is 4.19. The molecule has 0 aliphatic carbocycles. The second-order valence-electron chi connectivity index (χ2n) is 6.19. The van der Waals surface area contributed by atoms with Gasteiger partial charge in [0.15, 0.2) is 0 Å². The van der Waals surface area contributed by atoms with Crippen LogP contribution in [0, 0.1) is 5.82 Å². The molecule has 27 heavy (non-hydrogen) atoms. The molecule has 0 aromatic heterocycles. The highest BCUT2D eigenvalue weighted by Crippen LogP contribution is 2.22. The van der Waals surface area contributed by atoms with Crippen molar-refractivity contribution in [2.24, 2.45) is 0 Å². The van der Waals surface area contributed by atoms with Gasteiger partial charge < -0.3 is 10.1 Å². The van der Waals surface area contributed by atoms with Crippen LogP contribution in [0.1, 0.15) is 16.7 Å². The summed E-state index contributed by atoms with van der Waals surface area (Å²) in [6.45, 7) is 1.83. The molecule has 3 rings (SSSR count). The summed E-state index contributed by atoms with van der Waals surface area (Å²) in [5, 5.41) is 4.55. The second-order valence-corrected chi connectivity index (χ2v) is 7.03. The molecule has 140 valence electrons. The number of benzene rings is 3. The standard InChI is InChI=1S/C22H20Cl2FNO/c23-19-8-5-16(6-9-19)11-12-26-14-17-3-1-2-4-22(17)27-15-18-7-10-20(25)13-21(18)24/h1-10,13,26H,11-12,14-15H2. The Hall–Kier alpha value is -2.07. The van der Waals surface area contributed by atoms with Crippen LogP contribution in [0.3, 0.4) is 0 Å². The zero-order valence-corrected chi connectivity index (χ0v) is 16.2. The summed E-state index contributed by atoms with van der Waals surface area (Å²) in [5.41, 5.74) is 3.05. The minimum Gasteiger partial charge on any atom is -0.489 e. The van der Waals surface area contributed by atoms with Crippen molar-refractivity contribution >= 4 is 23.2 Å². The molecule has 1 N–H and O–H groups in total. The Morgan fingerprint density at radius 3 is 2.44 bits per heavy atom. The first-order valence-corrected chi connectivity index (χ1v) is 9.47. The monoisotopic (exact) mass is 403 g/mol. The summed E-state index contributed by atoms with van der Waals surface area (Å²) in [5.74, 6) is 0.436. The minimum atomic E-state index is -0.353. The van der Waals surface area contributed by atoms with Gasteiger partial charge in [-0.15, -0.1) is 0 Å². The van der Waals surface area contributed by atoms with Crippen LogP contribution in [0.25, 0.3) is 0 Å². The number of hydrogen-bond acceptors (Lipinski definition) is 2. The summed E-state index contributed by atoms with van der Waals surface area (Å²) in [6.07, 6.45) is 0.922. The van der Waals surface area contributed by atoms with E-state index in [-0.39, 0.29) is 5.82 Å². The van der Waals surface area contributed by atoms with Crippen LogP contribution in [0.4, 0.5) is 4.39 Å². The van der Waals surface area contributed by atoms with Gasteiger partial charge in [0.05, 0.1) is 5.02 Å². The van der Waals surface area contributed by atoms with Crippen molar-refractivity contribution < 1.29 is 9.13 Å². The van der Waals surface area contributed by atoms with Gasteiger partial charge in [-0.3, -0.25) is 0 Å². The number of nitrogens with one attached hydrogen (secondary N) is 1. The molecular weight excluding hydrogens is 384 g/mol. The average Bonchev–Trinajstić information content (AvgIpc) is 2.67. The number of halogens is 3. The molecule has 0 bridgehead atoms. The molecule has 0 saturated heterocycles. The topological polar surface area (TPSA) is 21.3 Å². The molecule has 0 heterocycles. The number of para-hydroxylation sites is 1. The van der Waals surface area contributed by atoms with E-state index in [1.165, 1.54) is 17.7 Å². The van der Waals surface area contributed by atoms with E-state index in [1.807, 2.05) is 48.5 Å². The van der Waals surface area contributed by atoms with Gasteiger partial charge in [-0.05, 0) is 48.9 Å². The van der Waals surface area contributed by atoms with Gasteiger partial charge >= 0.3 is 0 Å². The van der Waals surface area contributed by atoms with E-state index < -0.39 is 0 Å². The fourth-order valence-electron chi connectivity index (χ4n) is 2.69. The molecule has 0 aliphatic rings. The normalized spacial score (nSPS) is 10.8. The van der Waals surface area contributed by atoms with E-state index in [2.05, 4.69) is 5.32 Å². The highest BCUT2D eigenvalue weighted by atomic mass is 35.5. The van der Waals surface area contributed by atoms with Crippen LogP contribution in [-0.4, -0.2) is 6.54 Å². The predicted octanol–water partition coefficient (Wildman–Crippen LogP) is 6.04. The van der Waals surface area contributed by atoms with E-state index in [4.69, 9.17) is 27.9 Å². The van der Waals surface area contributed by atoms with Crippen molar-refractivity contribution in [3.63, 3.8) is 0 Å². The summed E-state index contributed by atoms with van der Waals surface area (Å²) in [7, 11) is 0. The lowest BCUT2D eigenvalue weighted by Gasteiger charge is -2.13. The quantitative estimate of drug-likeness (QED) is 0.462. The maximum absolute atomic E-state index is 13.2. The SMILES string of the molecule is Fc1ccc(COc2ccccc2CNCCc2ccc(Cl)cc2)c(Cl)c1. The lowest BCUT2D eigenvalue weighted by molar-refractivity contribution is 0.302. The van der Waals surface area contributed by atoms with E-state index in [0.29, 0.717) is 18.2 Å². The maximum Gasteiger partial charge on any atom is 0.124 e. The molecule has 5 heteroatoms. The van der Waals surface area contributed by atoms with E-state index >= 15 is 0 Å². The third kappa shape index (κ3) is 5.96. The van der Waals surface area contributed by atoms with Crippen LogP contribution >= 0.6 is 23.2 Å².